The first-order valence-electron chi connectivity index (χ1n) is 7.44. The van der Waals surface area contributed by atoms with Crippen molar-refractivity contribution in [2.75, 3.05) is 6.54 Å². The van der Waals surface area contributed by atoms with Gasteiger partial charge in [0.15, 0.2) is 0 Å². The van der Waals surface area contributed by atoms with E-state index in [0.29, 0.717) is 18.5 Å². The third kappa shape index (κ3) is 4.43. The van der Waals surface area contributed by atoms with Gasteiger partial charge >= 0.3 is 0 Å². The van der Waals surface area contributed by atoms with Crippen molar-refractivity contribution >= 4 is 5.91 Å². The number of aliphatic hydroxyl groups is 1. The van der Waals surface area contributed by atoms with Gasteiger partial charge in [-0.3, -0.25) is 4.79 Å². The number of carbonyl (C=O) groups excluding carboxylic acids is 1. The quantitative estimate of drug-likeness (QED) is 0.861. The van der Waals surface area contributed by atoms with E-state index in [-0.39, 0.29) is 17.4 Å². The molecule has 5 nitrogen and oxygen atoms in total. The third-order valence-electron chi connectivity index (χ3n) is 3.44. The number of carbonyl (C=O) groups is 1. The zero-order valence-corrected chi connectivity index (χ0v) is 13.3. The molecule has 2 rings (SSSR count). The van der Waals surface area contributed by atoms with E-state index < -0.39 is 0 Å². The van der Waals surface area contributed by atoms with Crippen LogP contribution in [0.25, 0.3) is 5.69 Å². The van der Waals surface area contributed by atoms with Gasteiger partial charge in [-0.2, -0.15) is 5.10 Å². The van der Waals surface area contributed by atoms with Crippen molar-refractivity contribution in [2.24, 2.45) is 5.41 Å². The molecule has 118 valence electrons. The van der Waals surface area contributed by atoms with Crippen molar-refractivity contribution in [2.45, 2.75) is 33.3 Å². The molecule has 0 aliphatic rings. The molecule has 5 heteroatoms. The standard InChI is InChI=1S/C17H23N3O2/c1-13(21)9-17(2,3)12-18-16(22)14-10-19-20(11-14)15-7-5-4-6-8-15/h4-8,10-11,13,21H,9,12H2,1-3H3,(H,18,22). The molecule has 0 radical (unpaired) electrons. The van der Waals surface area contributed by atoms with Gasteiger partial charge in [-0.05, 0) is 30.9 Å². The van der Waals surface area contributed by atoms with Crippen LogP contribution in [-0.2, 0) is 0 Å². The van der Waals surface area contributed by atoms with E-state index in [0.717, 1.165) is 5.69 Å². The van der Waals surface area contributed by atoms with Crippen molar-refractivity contribution in [1.29, 1.82) is 0 Å². The summed E-state index contributed by atoms with van der Waals surface area (Å²) in [5, 5.41) is 16.6. The summed E-state index contributed by atoms with van der Waals surface area (Å²) in [4.78, 5) is 12.2. The van der Waals surface area contributed by atoms with Gasteiger partial charge in [0, 0.05) is 12.7 Å². The molecule has 2 N–H and O–H groups in total. The molecular weight excluding hydrogens is 278 g/mol. The van der Waals surface area contributed by atoms with Crippen LogP contribution in [0.5, 0.6) is 0 Å². The van der Waals surface area contributed by atoms with E-state index in [2.05, 4.69) is 10.4 Å². The Morgan fingerprint density at radius 3 is 2.68 bits per heavy atom. The van der Waals surface area contributed by atoms with Crippen LogP contribution >= 0.6 is 0 Å². The van der Waals surface area contributed by atoms with E-state index in [1.54, 1.807) is 24.0 Å². The third-order valence-corrected chi connectivity index (χ3v) is 3.44. The van der Waals surface area contributed by atoms with Crippen molar-refractivity contribution in [3.05, 3.63) is 48.3 Å². The van der Waals surface area contributed by atoms with Crippen molar-refractivity contribution in [1.82, 2.24) is 15.1 Å². The fourth-order valence-electron chi connectivity index (χ4n) is 2.46. The highest BCUT2D eigenvalue weighted by Gasteiger charge is 2.21. The van der Waals surface area contributed by atoms with Gasteiger partial charge in [0.25, 0.3) is 5.91 Å². The Balaban J connectivity index is 1.98. The lowest BCUT2D eigenvalue weighted by molar-refractivity contribution is 0.0902. The Morgan fingerprint density at radius 1 is 1.36 bits per heavy atom. The number of nitrogens with zero attached hydrogens (tertiary/aromatic N) is 2. The minimum absolute atomic E-state index is 0.152. The minimum atomic E-state index is -0.382. The Hall–Kier alpha value is -2.14. The smallest absolute Gasteiger partial charge is 0.254 e. The summed E-state index contributed by atoms with van der Waals surface area (Å²) >= 11 is 0. The number of aromatic nitrogens is 2. The zero-order chi connectivity index (χ0) is 16.2. The summed E-state index contributed by atoms with van der Waals surface area (Å²) in [5.74, 6) is -0.152. The Labute approximate surface area is 131 Å². The highest BCUT2D eigenvalue weighted by Crippen LogP contribution is 2.21. The average Bonchev–Trinajstić information content (AvgIpc) is 2.94. The number of aliphatic hydroxyl groups excluding tert-OH is 1. The van der Waals surface area contributed by atoms with Crippen molar-refractivity contribution in [3.8, 4) is 5.69 Å². The summed E-state index contributed by atoms with van der Waals surface area (Å²) in [6, 6.07) is 9.65. The molecule has 1 heterocycles. The number of rotatable bonds is 6. The Bertz CT molecular complexity index is 618. The van der Waals surface area contributed by atoms with Gasteiger partial charge in [-0.1, -0.05) is 32.0 Å². The Kier molecular flexibility index (Phi) is 4.98. The van der Waals surface area contributed by atoms with Gasteiger partial charge in [0.1, 0.15) is 0 Å². The molecule has 22 heavy (non-hydrogen) atoms. The summed E-state index contributed by atoms with van der Waals surface area (Å²) in [6.45, 7) is 6.31. The number of hydrogen-bond donors (Lipinski definition) is 2. The maximum atomic E-state index is 12.2. The van der Waals surface area contributed by atoms with Crippen LogP contribution in [-0.4, -0.2) is 33.4 Å². The molecule has 1 aromatic carbocycles. The molecule has 2 aromatic rings. The topological polar surface area (TPSA) is 67.2 Å². The van der Waals surface area contributed by atoms with Crippen LogP contribution in [0.3, 0.4) is 0 Å². The molecule has 1 aromatic heterocycles. The van der Waals surface area contributed by atoms with Crippen LogP contribution in [0.1, 0.15) is 37.6 Å². The minimum Gasteiger partial charge on any atom is -0.393 e. The summed E-state index contributed by atoms with van der Waals surface area (Å²) in [5.41, 5.74) is 1.28. The lowest BCUT2D eigenvalue weighted by Gasteiger charge is -2.26. The van der Waals surface area contributed by atoms with E-state index in [1.807, 2.05) is 44.2 Å². The van der Waals surface area contributed by atoms with E-state index in [9.17, 15) is 9.90 Å². The van der Waals surface area contributed by atoms with Gasteiger partial charge in [0.2, 0.25) is 0 Å². The summed E-state index contributed by atoms with van der Waals surface area (Å²) in [7, 11) is 0. The van der Waals surface area contributed by atoms with Crippen molar-refractivity contribution < 1.29 is 9.90 Å². The first-order valence-corrected chi connectivity index (χ1v) is 7.44. The zero-order valence-electron chi connectivity index (χ0n) is 13.3. The second kappa shape index (κ2) is 6.75. The number of nitrogens with one attached hydrogen (secondary N) is 1. The maximum absolute atomic E-state index is 12.2. The summed E-state index contributed by atoms with van der Waals surface area (Å²) in [6.07, 6.45) is 3.53. The first-order chi connectivity index (χ1) is 10.4. The SMILES string of the molecule is CC(O)CC(C)(C)CNC(=O)c1cnn(-c2ccccc2)c1. The molecular formula is C17H23N3O2. The average molecular weight is 301 g/mol. The summed E-state index contributed by atoms with van der Waals surface area (Å²) < 4.78 is 1.68. The van der Waals surface area contributed by atoms with Crippen LogP contribution in [0, 0.1) is 5.41 Å². The molecule has 1 atom stereocenters. The van der Waals surface area contributed by atoms with Crippen LogP contribution in [0.15, 0.2) is 42.7 Å². The molecule has 0 saturated heterocycles. The Morgan fingerprint density at radius 2 is 2.05 bits per heavy atom. The number of hydrogen-bond acceptors (Lipinski definition) is 3. The normalized spacial score (nSPS) is 12.9. The van der Waals surface area contributed by atoms with Gasteiger partial charge in [-0.25, -0.2) is 4.68 Å². The predicted molar refractivity (Wildman–Crippen MR) is 86.0 cm³/mol. The van der Waals surface area contributed by atoms with Crippen LogP contribution < -0.4 is 5.32 Å². The van der Waals surface area contributed by atoms with Crippen LogP contribution in [0.2, 0.25) is 0 Å². The van der Waals surface area contributed by atoms with E-state index >= 15 is 0 Å². The van der Waals surface area contributed by atoms with E-state index in [4.69, 9.17) is 0 Å². The molecule has 0 bridgehead atoms. The number of amides is 1. The van der Waals surface area contributed by atoms with E-state index in [1.165, 1.54) is 0 Å². The number of benzene rings is 1. The number of para-hydroxylation sites is 1. The second-order valence-corrected chi connectivity index (χ2v) is 6.41. The molecule has 0 fully saturated rings. The fourth-order valence-corrected chi connectivity index (χ4v) is 2.46. The highest BCUT2D eigenvalue weighted by molar-refractivity contribution is 5.93. The lowest BCUT2D eigenvalue weighted by atomic mass is 9.87. The first kappa shape index (κ1) is 16.2. The predicted octanol–water partition coefficient (Wildman–Crippen LogP) is 2.40. The molecule has 1 amide bonds. The van der Waals surface area contributed by atoms with Gasteiger partial charge in [-0.15, -0.1) is 0 Å². The van der Waals surface area contributed by atoms with Crippen LogP contribution in [0.4, 0.5) is 0 Å². The van der Waals surface area contributed by atoms with Gasteiger partial charge < -0.3 is 10.4 Å². The lowest BCUT2D eigenvalue weighted by Crippen LogP contribution is -2.35. The highest BCUT2D eigenvalue weighted by atomic mass is 16.3. The molecule has 0 aliphatic heterocycles. The van der Waals surface area contributed by atoms with Gasteiger partial charge in [0.05, 0.1) is 23.6 Å². The second-order valence-electron chi connectivity index (χ2n) is 6.41. The monoisotopic (exact) mass is 301 g/mol. The largest absolute Gasteiger partial charge is 0.393 e. The molecule has 0 spiro atoms. The molecule has 0 aliphatic carbocycles. The van der Waals surface area contributed by atoms with Crippen molar-refractivity contribution in [3.63, 3.8) is 0 Å². The molecule has 1 unspecified atom stereocenters. The fraction of sp³-hybridized carbons (Fsp3) is 0.412. The molecule has 0 saturated carbocycles. The maximum Gasteiger partial charge on any atom is 0.254 e.